The summed E-state index contributed by atoms with van der Waals surface area (Å²) in [6, 6.07) is 58.3. The van der Waals surface area contributed by atoms with Crippen LogP contribution in [0, 0.1) is 0 Å². The van der Waals surface area contributed by atoms with Gasteiger partial charge in [0.15, 0.2) is 0 Å². The van der Waals surface area contributed by atoms with Crippen LogP contribution in [0.15, 0.2) is 174 Å². The van der Waals surface area contributed by atoms with Gasteiger partial charge in [-0.2, -0.15) is 0 Å². The van der Waals surface area contributed by atoms with Crippen molar-refractivity contribution in [2.75, 3.05) is 4.90 Å². The number of pyridine rings is 1. The number of fused-ring (bicyclic) bond motifs is 6. The SMILES string of the molecule is c1ccc(-c2ccc(N(c3ccc(-c4cc5ccccc5c5ccccc45)cc3)c3ccc4oc5ncccc5c4c3)cc2)cc1. The molecule has 46 heavy (non-hydrogen) atoms. The molecule has 216 valence electrons. The molecule has 0 bridgehead atoms. The van der Waals surface area contributed by atoms with Crippen LogP contribution in [-0.4, -0.2) is 4.98 Å². The van der Waals surface area contributed by atoms with E-state index in [4.69, 9.17) is 4.42 Å². The lowest BCUT2D eigenvalue weighted by atomic mass is 9.93. The molecule has 0 amide bonds. The smallest absolute Gasteiger partial charge is 0.227 e. The fourth-order valence-electron chi connectivity index (χ4n) is 6.70. The van der Waals surface area contributed by atoms with E-state index < -0.39 is 0 Å². The lowest BCUT2D eigenvalue weighted by Gasteiger charge is -2.26. The summed E-state index contributed by atoms with van der Waals surface area (Å²) in [4.78, 5) is 6.76. The molecule has 9 aromatic rings. The minimum atomic E-state index is 0.653. The maximum absolute atomic E-state index is 6.06. The molecule has 0 saturated heterocycles. The van der Waals surface area contributed by atoms with E-state index >= 15 is 0 Å². The Labute approximate surface area is 266 Å². The number of benzene rings is 7. The highest BCUT2D eigenvalue weighted by atomic mass is 16.3. The minimum absolute atomic E-state index is 0.653. The number of aromatic nitrogens is 1. The molecule has 0 N–H and O–H groups in total. The highest BCUT2D eigenvalue weighted by molar-refractivity contribution is 6.13. The first kappa shape index (κ1) is 26.2. The molecule has 2 heterocycles. The first-order valence-electron chi connectivity index (χ1n) is 15.5. The summed E-state index contributed by atoms with van der Waals surface area (Å²) in [6.07, 6.45) is 1.77. The van der Waals surface area contributed by atoms with Gasteiger partial charge < -0.3 is 9.32 Å². The Balaban J connectivity index is 1.18. The Morgan fingerprint density at radius 3 is 1.80 bits per heavy atom. The van der Waals surface area contributed by atoms with E-state index in [0.717, 1.165) is 33.4 Å². The molecule has 9 rings (SSSR count). The van der Waals surface area contributed by atoms with Gasteiger partial charge in [-0.1, -0.05) is 103 Å². The van der Waals surface area contributed by atoms with E-state index in [1.807, 2.05) is 12.1 Å². The van der Waals surface area contributed by atoms with Gasteiger partial charge in [-0.25, -0.2) is 4.98 Å². The predicted molar refractivity (Wildman–Crippen MR) is 192 cm³/mol. The zero-order valence-electron chi connectivity index (χ0n) is 25.0. The van der Waals surface area contributed by atoms with E-state index in [2.05, 4.69) is 162 Å². The summed E-state index contributed by atoms with van der Waals surface area (Å²) in [5.74, 6) is 0. The van der Waals surface area contributed by atoms with Gasteiger partial charge in [-0.05, 0) is 104 Å². The second-order valence-electron chi connectivity index (χ2n) is 11.6. The van der Waals surface area contributed by atoms with Crippen LogP contribution in [0.3, 0.4) is 0 Å². The molecule has 0 radical (unpaired) electrons. The summed E-state index contributed by atoms with van der Waals surface area (Å²) in [5, 5.41) is 7.11. The highest BCUT2D eigenvalue weighted by Gasteiger charge is 2.17. The van der Waals surface area contributed by atoms with Gasteiger partial charge in [-0.15, -0.1) is 0 Å². The Bertz CT molecular complexity index is 2510. The van der Waals surface area contributed by atoms with Crippen LogP contribution in [0.4, 0.5) is 17.1 Å². The monoisotopic (exact) mass is 588 g/mol. The first-order valence-corrected chi connectivity index (χ1v) is 15.5. The molecule has 0 fully saturated rings. The van der Waals surface area contributed by atoms with Crippen molar-refractivity contribution in [2.24, 2.45) is 0 Å². The normalized spacial score (nSPS) is 11.5. The van der Waals surface area contributed by atoms with Crippen molar-refractivity contribution in [3.63, 3.8) is 0 Å². The number of anilines is 3. The van der Waals surface area contributed by atoms with Crippen molar-refractivity contribution in [2.45, 2.75) is 0 Å². The highest BCUT2D eigenvalue weighted by Crippen LogP contribution is 2.41. The first-order chi connectivity index (χ1) is 22.8. The molecule has 0 aliphatic rings. The second kappa shape index (κ2) is 10.8. The van der Waals surface area contributed by atoms with E-state index in [1.165, 1.54) is 43.8 Å². The van der Waals surface area contributed by atoms with Gasteiger partial charge in [-0.3, -0.25) is 0 Å². The van der Waals surface area contributed by atoms with Crippen LogP contribution < -0.4 is 4.90 Å². The third kappa shape index (κ3) is 4.41. The molecule has 0 aliphatic carbocycles. The molecule has 0 spiro atoms. The number of hydrogen-bond donors (Lipinski definition) is 0. The predicted octanol–water partition coefficient (Wildman–Crippen LogP) is 12.1. The van der Waals surface area contributed by atoms with Crippen LogP contribution in [0.25, 0.3) is 65.9 Å². The summed E-state index contributed by atoms with van der Waals surface area (Å²) in [5.41, 5.74) is 9.49. The Morgan fingerprint density at radius 2 is 1.02 bits per heavy atom. The van der Waals surface area contributed by atoms with Gasteiger partial charge in [0.2, 0.25) is 5.71 Å². The molecule has 2 aromatic heterocycles. The lowest BCUT2D eigenvalue weighted by Crippen LogP contribution is -2.09. The summed E-state index contributed by atoms with van der Waals surface area (Å²) >= 11 is 0. The van der Waals surface area contributed by atoms with E-state index in [1.54, 1.807) is 6.20 Å². The molecule has 0 aliphatic heterocycles. The Morgan fingerprint density at radius 1 is 0.413 bits per heavy atom. The second-order valence-corrected chi connectivity index (χ2v) is 11.6. The van der Waals surface area contributed by atoms with Crippen LogP contribution in [0.2, 0.25) is 0 Å². The molecule has 3 nitrogen and oxygen atoms in total. The van der Waals surface area contributed by atoms with Crippen LogP contribution in [0.1, 0.15) is 0 Å². The van der Waals surface area contributed by atoms with Crippen molar-refractivity contribution in [3.8, 4) is 22.3 Å². The quantitative estimate of drug-likeness (QED) is 0.187. The third-order valence-electron chi connectivity index (χ3n) is 8.93. The fourth-order valence-corrected chi connectivity index (χ4v) is 6.70. The van der Waals surface area contributed by atoms with Gasteiger partial charge in [0, 0.05) is 34.0 Å². The minimum Gasteiger partial charge on any atom is -0.438 e. The topological polar surface area (TPSA) is 29.3 Å². The van der Waals surface area contributed by atoms with Crippen molar-refractivity contribution < 1.29 is 4.42 Å². The van der Waals surface area contributed by atoms with Crippen molar-refractivity contribution in [1.82, 2.24) is 4.98 Å². The molecule has 0 atom stereocenters. The summed E-state index contributed by atoms with van der Waals surface area (Å²) < 4.78 is 6.06. The van der Waals surface area contributed by atoms with E-state index in [9.17, 15) is 0 Å². The van der Waals surface area contributed by atoms with E-state index in [0.29, 0.717) is 5.71 Å². The van der Waals surface area contributed by atoms with Crippen molar-refractivity contribution in [3.05, 3.63) is 170 Å². The van der Waals surface area contributed by atoms with Crippen molar-refractivity contribution >= 4 is 60.7 Å². The molecular formula is C43H28N2O. The maximum Gasteiger partial charge on any atom is 0.227 e. The van der Waals surface area contributed by atoms with Gasteiger partial charge in [0.1, 0.15) is 5.58 Å². The zero-order chi connectivity index (χ0) is 30.5. The maximum atomic E-state index is 6.06. The van der Waals surface area contributed by atoms with Crippen LogP contribution in [0.5, 0.6) is 0 Å². The number of rotatable bonds is 5. The molecule has 0 saturated carbocycles. The van der Waals surface area contributed by atoms with Crippen LogP contribution in [-0.2, 0) is 0 Å². The summed E-state index contributed by atoms with van der Waals surface area (Å²) in [7, 11) is 0. The Hall–Kier alpha value is -6.19. The lowest BCUT2D eigenvalue weighted by molar-refractivity contribution is 0.654. The van der Waals surface area contributed by atoms with Crippen LogP contribution >= 0.6 is 0 Å². The van der Waals surface area contributed by atoms with Gasteiger partial charge >= 0.3 is 0 Å². The van der Waals surface area contributed by atoms with Gasteiger partial charge in [0.25, 0.3) is 0 Å². The van der Waals surface area contributed by atoms with Crippen molar-refractivity contribution in [1.29, 1.82) is 0 Å². The van der Waals surface area contributed by atoms with E-state index in [-0.39, 0.29) is 0 Å². The average molecular weight is 589 g/mol. The number of furan rings is 1. The molecule has 3 heteroatoms. The molecular weight excluding hydrogens is 560 g/mol. The number of hydrogen-bond acceptors (Lipinski definition) is 3. The standard InChI is InChI=1S/C43H28N2O/c1-2-9-29(10-3-1)30-16-20-33(21-17-30)45(35-24-25-42-41(28-35)39-15-8-26-44-43(39)46-42)34-22-18-31(19-23-34)40-27-32-11-4-5-12-36(32)37-13-6-7-14-38(37)40/h1-28H. The molecule has 0 unspecified atom stereocenters. The average Bonchev–Trinajstić information content (AvgIpc) is 3.51. The summed E-state index contributed by atoms with van der Waals surface area (Å²) in [6.45, 7) is 0. The molecule has 7 aromatic carbocycles. The third-order valence-corrected chi connectivity index (χ3v) is 8.93. The van der Waals surface area contributed by atoms with Gasteiger partial charge in [0.05, 0.1) is 0 Å². The Kier molecular flexibility index (Phi) is 6.14. The zero-order valence-corrected chi connectivity index (χ0v) is 25.0. The fraction of sp³-hybridized carbons (Fsp3) is 0. The number of nitrogens with zero attached hydrogens (tertiary/aromatic N) is 2. The largest absolute Gasteiger partial charge is 0.438 e.